The third-order valence-corrected chi connectivity index (χ3v) is 6.21. The number of halogens is 1. The number of para-hydroxylation sites is 1. The van der Waals surface area contributed by atoms with Gasteiger partial charge in [-0.2, -0.15) is 10.4 Å². The Bertz CT molecular complexity index is 1300. The molecule has 1 heterocycles. The number of hydrogen-bond donors (Lipinski definition) is 3. The number of aliphatic hydroxyl groups excluding tert-OH is 1. The van der Waals surface area contributed by atoms with Crippen LogP contribution in [0.1, 0.15) is 55.2 Å². The molecular formula is C26H28FN5O3. The van der Waals surface area contributed by atoms with Crippen molar-refractivity contribution < 1.29 is 19.1 Å². The Morgan fingerprint density at radius 1 is 1.23 bits per heavy atom. The summed E-state index contributed by atoms with van der Waals surface area (Å²) in [5.41, 5.74) is 0.900. The fourth-order valence-electron chi connectivity index (χ4n) is 4.20. The van der Waals surface area contributed by atoms with Gasteiger partial charge >= 0.3 is 0 Å². The van der Waals surface area contributed by atoms with Gasteiger partial charge in [-0.1, -0.05) is 45.0 Å². The van der Waals surface area contributed by atoms with Crippen LogP contribution in [0.2, 0.25) is 0 Å². The molecule has 1 fully saturated rings. The Balaban J connectivity index is 1.62. The van der Waals surface area contributed by atoms with Crippen LogP contribution < -0.4 is 10.6 Å². The molecule has 1 aliphatic carbocycles. The van der Waals surface area contributed by atoms with Crippen molar-refractivity contribution in [3.8, 4) is 6.07 Å². The predicted octanol–water partition coefficient (Wildman–Crippen LogP) is 2.88. The standard InChI is InChI=1S/C26H28FN5O3/c1-26(2,3)23(25(35)29-17-11-18(33)12-17)30-24(34)21-19-5-4-6-20(27)22(19)32(31-21)14-16-9-7-15(13-28)8-10-16/h4-10,17-18,23,33H,11-12,14H2,1-3H3,(H,29,35)(H,30,34)/t17?,18?,23-/m1/s1. The van der Waals surface area contributed by atoms with Crippen molar-refractivity contribution >= 4 is 22.7 Å². The van der Waals surface area contributed by atoms with Gasteiger partial charge in [-0.05, 0) is 42.0 Å². The molecule has 3 aromatic rings. The van der Waals surface area contributed by atoms with Gasteiger partial charge in [0, 0.05) is 11.4 Å². The van der Waals surface area contributed by atoms with Crippen molar-refractivity contribution in [3.63, 3.8) is 0 Å². The van der Waals surface area contributed by atoms with Crippen molar-refractivity contribution in [2.24, 2.45) is 5.41 Å². The number of nitrogens with zero attached hydrogens (tertiary/aromatic N) is 3. The monoisotopic (exact) mass is 477 g/mol. The number of rotatable bonds is 6. The van der Waals surface area contributed by atoms with Crippen LogP contribution >= 0.6 is 0 Å². The van der Waals surface area contributed by atoms with Crippen molar-refractivity contribution in [1.82, 2.24) is 20.4 Å². The van der Waals surface area contributed by atoms with E-state index >= 15 is 0 Å². The van der Waals surface area contributed by atoms with Gasteiger partial charge in [0.15, 0.2) is 5.69 Å². The molecule has 0 unspecified atom stereocenters. The fourth-order valence-corrected chi connectivity index (χ4v) is 4.20. The number of fused-ring (bicyclic) bond motifs is 1. The van der Waals surface area contributed by atoms with E-state index in [4.69, 9.17) is 5.26 Å². The highest BCUT2D eigenvalue weighted by molar-refractivity contribution is 6.06. The van der Waals surface area contributed by atoms with Gasteiger partial charge in [-0.3, -0.25) is 14.3 Å². The first-order chi connectivity index (χ1) is 16.6. The second kappa shape index (κ2) is 9.47. The summed E-state index contributed by atoms with van der Waals surface area (Å²) in [6, 6.07) is 12.3. The molecule has 1 saturated carbocycles. The summed E-state index contributed by atoms with van der Waals surface area (Å²) in [6.45, 7) is 5.72. The smallest absolute Gasteiger partial charge is 0.273 e. The Kier molecular flexibility index (Phi) is 6.59. The molecule has 35 heavy (non-hydrogen) atoms. The molecule has 1 aliphatic rings. The highest BCUT2D eigenvalue weighted by atomic mass is 19.1. The summed E-state index contributed by atoms with van der Waals surface area (Å²) in [4.78, 5) is 26.3. The number of nitrogens with one attached hydrogen (secondary N) is 2. The first-order valence-electron chi connectivity index (χ1n) is 11.5. The molecule has 0 saturated heterocycles. The van der Waals surface area contributed by atoms with Gasteiger partial charge in [-0.25, -0.2) is 4.39 Å². The SMILES string of the molecule is CC(C)(C)[C@H](NC(=O)c1nn(Cc2ccc(C#N)cc2)c2c(F)cccc12)C(=O)NC1CC(O)C1. The largest absolute Gasteiger partial charge is 0.393 e. The molecule has 2 aromatic carbocycles. The zero-order valence-corrected chi connectivity index (χ0v) is 19.9. The second-order valence-corrected chi connectivity index (χ2v) is 10.1. The molecule has 1 aromatic heterocycles. The number of hydrogen-bond acceptors (Lipinski definition) is 5. The lowest BCUT2D eigenvalue weighted by Crippen LogP contribution is -2.58. The number of nitriles is 1. The van der Waals surface area contributed by atoms with Crippen LogP contribution in [0.15, 0.2) is 42.5 Å². The van der Waals surface area contributed by atoms with Crippen molar-refractivity contribution in [1.29, 1.82) is 5.26 Å². The maximum atomic E-state index is 14.8. The number of benzene rings is 2. The molecule has 0 spiro atoms. The summed E-state index contributed by atoms with van der Waals surface area (Å²) in [5.74, 6) is -1.44. The van der Waals surface area contributed by atoms with Crippen LogP contribution in [0.25, 0.3) is 10.9 Å². The van der Waals surface area contributed by atoms with Crippen molar-refractivity contribution in [2.45, 2.75) is 58.3 Å². The molecule has 0 bridgehead atoms. The molecule has 8 nitrogen and oxygen atoms in total. The highest BCUT2D eigenvalue weighted by Gasteiger charge is 2.37. The first kappa shape index (κ1) is 24.4. The van der Waals surface area contributed by atoms with Gasteiger partial charge in [-0.15, -0.1) is 0 Å². The van der Waals surface area contributed by atoms with E-state index < -0.39 is 29.3 Å². The first-order valence-corrected chi connectivity index (χ1v) is 11.5. The number of carbonyl (C=O) groups is 2. The van der Waals surface area contributed by atoms with E-state index in [1.807, 2.05) is 20.8 Å². The average molecular weight is 478 g/mol. The number of aromatic nitrogens is 2. The van der Waals surface area contributed by atoms with Gasteiger partial charge < -0.3 is 15.7 Å². The Morgan fingerprint density at radius 2 is 1.91 bits per heavy atom. The van der Waals surface area contributed by atoms with E-state index in [2.05, 4.69) is 21.8 Å². The number of aliphatic hydroxyl groups is 1. The summed E-state index contributed by atoms with van der Waals surface area (Å²) < 4.78 is 16.2. The summed E-state index contributed by atoms with van der Waals surface area (Å²) in [7, 11) is 0. The Labute approximate surface area is 202 Å². The summed E-state index contributed by atoms with van der Waals surface area (Å²) in [5, 5.41) is 28.9. The van der Waals surface area contributed by atoms with Gasteiger partial charge in [0.1, 0.15) is 17.4 Å². The van der Waals surface area contributed by atoms with E-state index in [9.17, 15) is 19.1 Å². The van der Waals surface area contributed by atoms with Crippen molar-refractivity contribution in [3.05, 3.63) is 65.1 Å². The molecule has 182 valence electrons. The minimum Gasteiger partial charge on any atom is -0.393 e. The zero-order valence-electron chi connectivity index (χ0n) is 19.9. The average Bonchev–Trinajstić information content (AvgIpc) is 3.15. The molecule has 1 atom stereocenters. The molecule has 0 aliphatic heterocycles. The minimum absolute atomic E-state index is 0.0225. The lowest BCUT2D eigenvalue weighted by atomic mass is 9.84. The normalized spacial score (nSPS) is 18.4. The van der Waals surface area contributed by atoms with Crippen LogP contribution in [0.3, 0.4) is 0 Å². The van der Waals surface area contributed by atoms with Gasteiger partial charge in [0.05, 0.1) is 24.3 Å². The van der Waals surface area contributed by atoms with E-state index in [-0.39, 0.29) is 29.7 Å². The molecule has 4 rings (SSSR count). The van der Waals surface area contributed by atoms with Crippen LogP contribution in [0.4, 0.5) is 4.39 Å². The van der Waals surface area contributed by atoms with E-state index in [0.29, 0.717) is 23.8 Å². The molecule has 9 heteroatoms. The third-order valence-electron chi connectivity index (χ3n) is 6.21. The highest BCUT2D eigenvalue weighted by Crippen LogP contribution is 2.26. The molecule has 2 amide bonds. The topological polar surface area (TPSA) is 120 Å². The van der Waals surface area contributed by atoms with Crippen LogP contribution in [0, 0.1) is 22.6 Å². The Morgan fingerprint density at radius 3 is 2.51 bits per heavy atom. The minimum atomic E-state index is -0.861. The predicted molar refractivity (Wildman–Crippen MR) is 128 cm³/mol. The van der Waals surface area contributed by atoms with Crippen LogP contribution in [-0.2, 0) is 11.3 Å². The molecule has 0 radical (unpaired) electrons. The van der Waals surface area contributed by atoms with E-state index in [1.165, 1.54) is 16.8 Å². The van der Waals surface area contributed by atoms with Crippen LogP contribution in [0.5, 0.6) is 0 Å². The van der Waals surface area contributed by atoms with E-state index in [1.54, 1.807) is 30.3 Å². The maximum Gasteiger partial charge on any atom is 0.273 e. The van der Waals surface area contributed by atoms with Gasteiger partial charge in [0.25, 0.3) is 5.91 Å². The fraction of sp³-hybridized carbons (Fsp3) is 0.385. The van der Waals surface area contributed by atoms with E-state index in [0.717, 1.165) is 5.56 Å². The molecule has 3 N–H and O–H groups in total. The van der Waals surface area contributed by atoms with Crippen molar-refractivity contribution in [2.75, 3.05) is 0 Å². The third kappa shape index (κ3) is 5.17. The maximum absolute atomic E-state index is 14.8. The lowest BCUT2D eigenvalue weighted by Gasteiger charge is -2.36. The summed E-state index contributed by atoms with van der Waals surface area (Å²) in [6.07, 6.45) is 0.560. The molecular weight excluding hydrogens is 449 g/mol. The number of carbonyl (C=O) groups excluding carboxylic acids is 2. The number of amides is 2. The quantitative estimate of drug-likeness (QED) is 0.504. The Hall–Kier alpha value is -3.77. The summed E-state index contributed by atoms with van der Waals surface area (Å²) >= 11 is 0. The van der Waals surface area contributed by atoms with Crippen LogP contribution in [-0.4, -0.2) is 44.9 Å². The van der Waals surface area contributed by atoms with Gasteiger partial charge in [0.2, 0.25) is 5.91 Å². The zero-order chi connectivity index (χ0) is 25.3. The lowest BCUT2D eigenvalue weighted by molar-refractivity contribution is -0.127. The second-order valence-electron chi connectivity index (χ2n) is 10.1.